The molecule has 1 saturated heterocycles. The van der Waals surface area contributed by atoms with Crippen molar-refractivity contribution < 1.29 is 0 Å². The summed E-state index contributed by atoms with van der Waals surface area (Å²) in [5, 5.41) is 0. The zero-order valence-corrected chi connectivity index (χ0v) is 14.3. The summed E-state index contributed by atoms with van der Waals surface area (Å²) in [4.78, 5) is 24.7. The van der Waals surface area contributed by atoms with Gasteiger partial charge in [-0.2, -0.15) is 0 Å². The van der Waals surface area contributed by atoms with Crippen molar-refractivity contribution in [3.8, 4) is 11.5 Å². The van der Waals surface area contributed by atoms with E-state index in [1.165, 1.54) is 0 Å². The molecule has 3 aromatic heterocycles. The van der Waals surface area contributed by atoms with E-state index >= 15 is 0 Å². The molecule has 4 heterocycles. The first kappa shape index (κ1) is 15.8. The second kappa shape index (κ2) is 7.06. The highest BCUT2D eigenvalue weighted by atomic mass is 15.1. The van der Waals surface area contributed by atoms with Crippen LogP contribution < -0.4 is 0 Å². The topological polar surface area (TPSA) is 72.6 Å². The van der Waals surface area contributed by atoms with Crippen molar-refractivity contribution in [3.05, 3.63) is 54.8 Å². The molecule has 1 aliphatic rings. The van der Waals surface area contributed by atoms with Crippen molar-refractivity contribution in [2.24, 2.45) is 7.05 Å². The summed E-state index contributed by atoms with van der Waals surface area (Å²) in [6.45, 7) is 2.85. The number of imidazole rings is 1. The van der Waals surface area contributed by atoms with Gasteiger partial charge in [0.05, 0.1) is 11.4 Å². The van der Waals surface area contributed by atoms with Crippen LogP contribution in [0.5, 0.6) is 0 Å². The third-order valence-electron chi connectivity index (χ3n) is 4.65. The van der Waals surface area contributed by atoms with E-state index in [4.69, 9.17) is 0 Å². The summed E-state index contributed by atoms with van der Waals surface area (Å²) < 4.78 is 1.99. The number of likely N-dealkylation sites (tertiary alicyclic amines) is 1. The highest BCUT2D eigenvalue weighted by molar-refractivity contribution is 5.54. The van der Waals surface area contributed by atoms with E-state index in [-0.39, 0.29) is 0 Å². The average molecular weight is 335 g/mol. The first-order valence-corrected chi connectivity index (χ1v) is 8.57. The fourth-order valence-corrected chi connectivity index (χ4v) is 3.48. The minimum Gasteiger partial charge on any atom is -0.333 e. The van der Waals surface area contributed by atoms with E-state index in [1.54, 1.807) is 31.0 Å². The van der Waals surface area contributed by atoms with Crippen LogP contribution in [-0.4, -0.2) is 47.5 Å². The van der Waals surface area contributed by atoms with Crippen LogP contribution in [0.4, 0.5) is 0 Å². The van der Waals surface area contributed by atoms with Crippen molar-refractivity contribution in [2.75, 3.05) is 13.1 Å². The van der Waals surface area contributed by atoms with Crippen molar-refractivity contribution in [1.29, 1.82) is 0 Å². The molecule has 0 N–H and O–H groups in total. The minimum absolute atomic E-state index is 0.353. The van der Waals surface area contributed by atoms with Crippen molar-refractivity contribution in [2.45, 2.75) is 25.3 Å². The van der Waals surface area contributed by atoms with E-state index in [1.807, 2.05) is 24.0 Å². The highest BCUT2D eigenvalue weighted by Gasteiger charge is 2.26. The Kier molecular flexibility index (Phi) is 4.47. The fraction of sp³-hybridized carbons (Fsp3) is 0.389. The van der Waals surface area contributed by atoms with Gasteiger partial charge in [-0.1, -0.05) is 0 Å². The van der Waals surface area contributed by atoms with Gasteiger partial charge in [-0.05, 0) is 19.4 Å². The smallest absolute Gasteiger partial charge is 0.160 e. The molecule has 0 radical (unpaired) electrons. The first-order valence-electron chi connectivity index (χ1n) is 8.57. The van der Waals surface area contributed by atoms with Crippen LogP contribution in [0.2, 0.25) is 0 Å². The van der Waals surface area contributed by atoms with Gasteiger partial charge >= 0.3 is 0 Å². The van der Waals surface area contributed by atoms with Crippen LogP contribution in [0, 0.1) is 0 Å². The number of rotatable bonds is 4. The van der Waals surface area contributed by atoms with Gasteiger partial charge in [0.25, 0.3) is 0 Å². The summed E-state index contributed by atoms with van der Waals surface area (Å²) in [7, 11) is 1.99. The number of hydrogen-bond acceptors (Lipinski definition) is 6. The Labute approximate surface area is 146 Å². The third kappa shape index (κ3) is 3.41. The average Bonchev–Trinajstić information content (AvgIpc) is 3.09. The van der Waals surface area contributed by atoms with E-state index in [9.17, 15) is 0 Å². The van der Waals surface area contributed by atoms with E-state index < -0.39 is 0 Å². The molecule has 7 nitrogen and oxygen atoms in total. The maximum absolute atomic E-state index is 4.67. The maximum Gasteiger partial charge on any atom is 0.160 e. The monoisotopic (exact) mass is 335 g/mol. The molecule has 0 aromatic carbocycles. The molecule has 3 aromatic rings. The molecule has 25 heavy (non-hydrogen) atoms. The lowest BCUT2D eigenvalue weighted by atomic mass is 9.93. The molecule has 0 bridgehead atoms. The molecule has 1 aliphatic heterocycles. The van der Waals surface area contributed by atoms with Crippen molar-refractivity contribution in [1.82, 2.24) is 34.4 Å². The number of nitrogens with zero attached hydrogens (tertiary/aromatic N) is 7. The van der Waals surface area contributed by atoms with Gasteiger partial charge in [-0.3, -0.25) is 19.9 Å². The molecule has 128 valence electrons. The zero-order valence-electron chi connectivity index (χ0n) is 14.3. The van der Waals surface area contributed by atoms with E-state index in [0.29, 0.717) is 5.92 Å². The normalized spacial score (nSPS) is 18.4. The molecular formula is C18H21N7. The molecule has 0 saturated carbocycles. The number of hydrogen-bond donors (Lipinski definition) is 0. The number of aromatic nitrogens is 6. The van der Waals surface area contributed by atoms with Gasteiger partial charge < -0.3 is 4.57 Å². The molecule has 1 atom stereocenters. The Balaban J connectivity index is 1.57. The quantitative estimate of drug-likeness (QED) is 0.726. The van der Waals surface area contributed by atoms with Crippen LogP contribution in [0.1, 0.15) is 30.1 Å². The molecule has 4 rings (SSSR count). The fourth-order valence-electron chi connectivity index (χ4n) is 3.48. The van der Waals surface area contributed by atoms with Gasteiger partial charge in [-0.15, -0.1) is 0 Å². The SMILES string of the molecule is Cn1ccnc1-c1nccnc1C1CCCN(Cc2cnccn2)C1. The third-order valence-corrected chi connectivity index (χ3v) is 4.65. The van der Waals surface area contributed by atoms with Gasteiger partial charge in [0.2, 0.25) is 0 Å². The molecule has 0 aliphatic carbocycles. The van der Waals surface area contributed by atoms with Gasteiger partial charge in [0.1, 0.15) is 5.69 Å². The van der Waals surface area contributed by atoms with Crippen molar-refractivity contribution in [3.63, 3.8) is 0 Å². The lowest BCUT2D eigenvalue weighted by Gasteiger charge is -2.32. The van der Waals surface area contributed by atoms with Gasteiger partial charge in [0.15, 0.2) is 5.82 Å². The Morgan fingerprint density at radius 1 is 1.04 bits per heavy atom. The Hall–Kier alpha value is -2.67. The molecular weight excluding hydrogens is 314 g/mol. The molecule has 7 heteroatoms. The maximum atomic E-state index is 4.67. The lowest BCUT2D eigenvalue weighted by Crippen LogP contribution is -2.34. The molecule has 0 amide bonds. The lowest BCUT2D eigenvalue weighted by molar-refractivity contribution is 0.196. The van der Waals surface area contributed by atoms with E-state index in [2.05, 4.69) is 29.8 Å². The predicted molar refractivity (Wildman–Crippen MR) is 93.5 cm³/mol. The summed E-state index contributed by atoms with van der Waals surface area (Å²) in [5.41, 5.74) is 2.94. The van der Waals surface area contributed by atoms with Crippen molar-refractivity contribution >= 4 is 0 Å². The molecule has 0 spiro atoms. The van der Waals surface area contributed by atoms with Crippen LogP contribution in [0.25, 0.3) is 11.5 Å². The summed E-state index contributed by atoms with van der Waals surface area (Å²) >= 11 is 0. The van der Waals surface area contributed by atoms with E-state index in [0.717, 1.165) is 55.4 Å². The largest absolute Gasteiger partial charge is 0.333 e. The Bertz CT molecular complexity index is 830. The Morgan fingerprint density at radius 2 is 1.92 bits per heavy atom. The zero-order chi connectivity index (χ0) is 17.1. The van der Waals surface area contributed by atoms with Crippen LogP contribution in [-0.2, 0) is 13.6 Å². The van der Waals surface area contributed by atoms with Crippen LogP contribution >= 0.6 is 0 Å². The van der Waals surface area contributed by atoms with Crippen LogP contribution in [0.15, 0.2) is 43.4 Å². The molecule has 1 unspecified atom stereocenters. The van der Waals surface area contributed by atoms with Gasteiger partial charge in [0, 0.05) is 69.4 Å². The second-order valence-electron chi connectivity index (χ2n) is 6.42. The summed E-state index contributed by atoms with van der Waals surface area (Å²) in [6, 6.07) is 0. The minimum atomic E-state index is 0.353. The highest BCUT2D eigenvalue weighted by Crippen LogP contribution is 2.31. The summed E-state index contributed by atoms with van der Waals surface area (Å²) in [5.74, 6) is 1.22. The number of piperidine rings is 1. The van der Waals surface area contributed by atoms with Crippen LogP contribution in [0.3, 0.4) is 0 Å². The second-order valence-corrected chi connectivity index (χ2v) is 6.42. The Morgan fingerprint density at radius 3 is 2.72 bits per heavy atom. The predicted octanol–water partition coefficient (Wildman–Crippen LogP) is 2.05. The molecule has 1 fully saturated rings. The summed E-state index contributed by atoms with van der Waals surface area (Å²) in [6.07, 6.45) is 14.8. The van der Waals surface area contributed by atoms with Gasteiger partial charge in [-0.25, -0.2) is 9.97 Å². The first-order chi connectivity index (χ1) is 12.3. The standard InChI is InChI=1S/C18H21N7/c1-24-10-8-23-18(24)17-16(21-6-7-22-17)14-3-2-9-25(12-14)13-15-11-19-4-5-20-15/h4-8,10-11,14H,2-3,9,12-13H2,1H3. The number of aryl methyl sites for hydroxylation is 1.